The lowest BCUT2D eigenvalue weighted by atomic mass is 10.3. The Balaban J connectivity index is 2.44. The van der Waals surface area contributed by atoms with Gasteiger partial charge in [0.1, 0.15) is 0 Å². The van der Waals surface area contributed by atoms with Gasteiger partial charge < -0.3 is 5.73 Å². The second-order valence-corrected chi connectivity index (χ2v) is 3.37. The van der Waals surface area contributed by atoms with Gasteiger partial charge >= 0.3 is 0 Å². The van der Waals surface area contributed by atoms with E-state index in [0.717, 1.165) is 5.69 Å². The van der Waals surface area contributed by atoms with Crippen molar-refractivity contribution < 1.29 is 4.79 Å². The Hall–Kier alpha value is -2.48. The summed E-state index contributed by atoms with van der Waals surface area (Å²) in [6.07, 6.45) is 2.86. The number of anilines is 1. The third-order valence-corrected chi connectivity index (χ3v) is 2.07. The summed E-state index contributed by atoms with van der Waals surface area (Å²) < 4.78 is 1.43. The molecule has 0 bridgehead atoms. The molecule has 0 aliphatic heterocycles. The summed E-state index contributed by atoms with van der Waals surface area (Å²) in [6.45, 7) is 1.80. The molecule has 1 amide bonds. The van der Waals surface area contributed by atoms with E-state index < -0.39 is 5.91 Å². The number of hydrazine groups is 1. The summed E-state index contributed by atoms with van der Waals surface area (Å²) in [5.41, 5.74) is 8.52. The number of carbonyl (C=O) groups is 1. The Morgan fingerprint density at radius 3 is 2.82 bits per heavy atom. The third-order valence-electron chi connectivity index (χ3n) is 2.07. The molecule has 0 aliphatic carbocycles. The minimum atomic E-state index is -0.542. The van der Waals surface area contributed by atoms with E-state index >= 15 is 0 Å². The molecular formula is C9H11N7O. The molecule has 2 heterocycles. The van der Waals surface area contributed by atoms with Crippen molar-refractivity contribution in [2.75, 3.05) is 5.43 Å². The van der Waals surface area contributed by atoms with Gasteiger partial charge in [0.25, 0.3) is 5.91 Å². The molecule has 2 rings (SSSR count). The van der Waals surface area contributed by atoms with Gasteiger partial charge in [-0.05, 0) is 6.92 Å². The molecule has 88 valence electrons. The highest BCUT2D eigenvalue weighted by atomic mass is 16.1. The highest BCUT2D eigenvalue weighted by molar-refractivity contribution is 5.92. The zero-order valence-electron chi connectivity index (χ0n) is 9.08. The number of aromatic nitrogens is 4. The number of hydrogen-bond donors (Lipinski definition) is 3. The maximum atomic E-state index is 10.9. The molecule has 0 saturated carbocycles. The number of hydrogen-bond acceptors (Lipinski definition) is 6. The zero-order valence-corrected chi connectivity index (χ0v) is 9.08. The van der Waals surface area contributed by atoms with E-state index in [2.05, 4.69) is 20.5 Å². The van der Waals surface area contributed by atoms with Crippen LogP contribution in [0, 0.1) is 6.92 Å². The molecule has 5 N–H and O–H groups in total. The van der Waals surface area contributed by atoms with Crippen molar-refractivity contribution in [2.45, 2.75) is 6.92 Å². The average molecular weight is 233 g/mol. The summed E-state index contributed by atoms with van der Waals surface area (Å²) in [5.74, 6) is 5.47. The predicted molar refractivity (Wildman–Crippen MR) is 60.2 cm³/mol. The maximum Gasteiger partial charge on any atom is 0.251 e. The molecule has 0 unspecified atom stereocenters. The van der Waals surface area contributed by atoms with Gasteiger partial charge in [-0.15, -0.1) is 0 Å². The number of nitrogens with two attached hydrogens (primary N) is 2. The van der Waals surface area contributed by atoms with Crippen molar-refractivity contribution in [3.63, 3.8) is 0 Å². The fraction of sp³-hybridized carbons (Fsp3) is 0.111. The fourth-order valence-electron chi connectivity index (χ4n) is 1.31. The van der Waals surface area contributed by atoms with Crippen LogP contribution in [0.3, 0.4) is 0 Å². The summed E-state index contributed by atoms with van der Waals surface area (Å²) in [5, 5.41) is 3.98. The van der Waals surface area contributed by atoms with E-state index in [0.29, 0.717) is 11.4 Å². The van der Waals surface area contributed by atoms with E-state index in [-0.39, 0.29) is 5.95 Å². The lowest BCUT2D eigenvalue weighted by Crippen LogP contribution is -2.13. The number of rotatable bonds is 3. The number of nitrogens with zero attached hydrogens (tertiary/aromatic N) is 4. The highest BCUT2D eigenvalue weighted by Gasteiger charge is 2.08. The SMILES string of the molecule is Cc1cc(-n2cc(C(N)=O)cn2)nc(NN)n1. The lowest BCUT2D eigenvalue weighted by Gasteiger charge is -2.04. The molecule has 0 atom stereocenters. The summed E-state index contributed by atoms with van der Waals surface area (Å²) in [7, 11) is 0. The Kier molecular flexibility index (Phi) is 2.71. The van der Waals surface area contributed by atoms with Gasteiger partial charge in [0.2, 0.25) is 5.95 Å². The van der Waals surface area contributed by atoms with E-state index in [1.165, 1.54) is 17.1 Å². The molecule has 17 heavy (non-hydrogen) atoms. The molecule has 8 heteroatoms. The number of nitrogens with one attached hydrogen (secondary N) is 1. The van der Waals surface area contributed by atoms with Crippen LogP contribution in [0.4, 0.5) is 5.95 Å². The van der Waals surface area contributed by atoms with Crippen LogP contribution in [0.1, 0.15) is 16.1 Å². The molecule has 0 aromatic carbocycles. The van der Waals surface area contributed by atoms with Crippen LogP contribution in [0.5, 0.6) is 0 Å². The minimum Gasteiger partial charge on any atom is -0.366 e. The smallest absolute Gasteiger partial charge is 0.251 e. The number of aryl methyl sites for hydroxylation is 1. The standard InChI is InChI=1S/C9H11N7O/c1-5-2-7(14-9(13-5)15-11)16-4-6(3-12-16)8(10)17/h2-4H,11H2,1H3,(H2,10,17)(H,13,14,15). The van der Waals surface area contributed by atoms with Crippen LogP contribution >= 0.6 is 0 Å². The normalized spacial score (nSPS) is 10.2. The van der Waals surface area contributed by atoms with E-state index in [4.69, 9.17) is 11.6 Å². The predicted octanol–water partition coefficient (Wildman–Crippen LogP) is -0.645. The van der Waals surface area contributed by atoms with Crippen molar-refractivity contribution in [3.05, 3.63) is 29.7 Å². The largest absolute Gasteiger partial charge is 0.366 e. The number of primary amides is 1. The van der Waals surface area contributed by atoms with Gasteiger partial charge in [0.05, 0.1) is 11.8 Å². The van der Waals surface area contributed by atoms with Crippen molar-refractivity contribution >= 4 is 11.9 Å². The Morgan fingerprint density at radius 2 is 2.24 bits per heavy atom. The molecule has 2 aromatic heterocycles. The molecule has 0 spiro atoms. The van der Waals surface area contributed by atoms with Crippen LogP contribution in [0.25, 0.3) is 5.82 Å². The van der Waals surface area contributed by atoms with E-state index in [9.17, 15) is 4.79 Å². The van der Waals surface area contributed by atoms with E-state index in [1.807, 2.05) is 0 Å². The number of carbonyl (C=O) groups excluding carboxylic acids is 1. The van der Waals surface area contributed by atoms with Gasteiger partial charge in [0, 0.05) is 18.0 Å². The minimum absolute atomic E-state index is 0.274. The second-order valence-electron chi connectivity index (χ2n) is 3.37. The zero-order chi connectivity index (χ0) is 12.4. The van der Waals surface area contributed by atoms with Crippen LogP contribution < -0.4 is 17.0 Å². The first-order valence-electron chi connectivity index (χ1n) is 4.77. The van der Waals surface area contributed by atoms with Crippen LogP contribution in [0.2, 0.25) is 0 Å². The van der Waals surface area contributed by atoms with Crippen molar-refractivity contribution in [2.24, 2.45) is 11.6 Å². The van der Waals surface area contributed by atoms with Crippen molar-refractivity contribution in [1.82, 2.24) is 19.7 Å². The Labute approximate surface area is 96.6 Å². The monoisotopic (exact) mass is 233 g/mol. The maximum absolute atomic E-state index is 10.9. The molecule has 0 saturated heterocycles. The van der Waals surface area contributed by atoms with Crippen molar-refractivity contribution in [3.8, 4) is 5.82 Å². The number of amides is 1. The van der Waals surface area contributed by atoms with Gasteiger partial charge in [-0.25, -0.2) is 15.5 Å². The molecule has 0 radical (unpaired) electrons. The first kappa shape index (κ1) is 11.0. The lowest BCUT2D eigenvalue weighted by molar-refractivity contribution is 0.100. The molecule has 0 fully saturated rings. The van der Waals surface area contributed by atoms with Gasteiger partial charge in [-0.2, -0.15) is 10.1 Å². The van der Waals surface area contributed by atoms with Crippen molar-refractivity contribution in [1.29, 1.82) is 0 Å². The molecule has 2 aromatic rings. The van der Waals surface area contributed by atoms with Gasteiger partial charge in [-0.1, -0.05) is 0 Å². The first-order valence-corrected chi connectivity index (χ1v) is 4.77. The molecule has 8 nitrogen and oxygen atoms in total. The van der Waals surface area contributed by atoms with E-state index in [1.54, 1.807) is 13.0 Å². The highest BCUT2D eigenvalue weighted by Crippen LogP contribution is 2.09. The topological polar surface area (TPSA) is 125 Å². The van der Waals surface area contributed by atoms with Crippen LogP contribution in [-0.4, -0.2) is 25.7 Å². The summed E-state index contributed by atoms with van der Waals surface area (Å²) >= 11 is 0. The Bertz CT molecular complexity index is 562. The summed E-state index contributed by atoms with van der Waals surface area (Å²) in [6, 6.07) is 1.71. The second kappa shape index (κ2) is 4.18. The Morgan fingerprint density at radius 1 is 1.47 bits per heavy atom. The van der Waals surface area contributed by atoms with Crippen LogP contribution in [-0.2, 0) is 0 Å². The average Bonchev–Trinajstić information content (AvgIpc) is 2.77. The third kappa shape index (κ3) is 2.21. The quantitative estimate of drug-likeness (QED) is 0.478. The summed E-state index contributed by atoms with van der Waals surface area (Å²) in [4.78, 5) is 19.1. The molecular weight excluding hydrogens is 222 g/mol. The van der Waals surface area contributed by atoms with Gasteiger partial charge in [-0.3, -0.25) is 10.2 Å². The van der Waals surface area contributed by atoms with Gasteiger partial charge in [0.15, 0.2) is 5.82 Å². The molecule has 0 aliphatic rings. The van der Waals surface area contributed by atoms with Crippen LogP contribution in [0.15, 0.2) is 18.5 Å². The first-order chi connectivity index (χ1) is 8.10. The number of nitrogen functional groups attached to an aromatic ring is 1. The fourth-order valence-corrected chi connectivity index (χ4v) is 1.31.